The van der Waals surface area contributed by atoms with Crippen molar-refractivity contribution in [3.8, 4) is 0 Å². The Bertz CT molecular complexity index is 1330. The normalized spacial score (nSPS) is 17.2. The second-order valence-corrected chi connectivity index (χ2v) is 11.9. The summed E-state index contributed by atoms with van der Waals surface area (Å²) in [5.74, 6) is -3.61. The van der Waals surface area contributed by atoms with Gasteiger partial charge in [-0.1, -0.05) is 24.8 Å². The molecule has 1 unspecified atom stereocenters. The lowest BCUT2D eigenvalue weighted by atomic mass is 10.0. The van der Waals surface area contributed by atoms with Gasteiger partial charge in [-0.3, -0.25) is 0 Å². The van der Waals surface area contributed by atoms with E-state index in [1.54, 1.807) is 18.2 Å². The Morgan fingerprint density at radius 3 is 2.72 bits per heavy atom. The molecule has 0 spiro atoms. The molecule has 0 bridgehead atoms. The zero-order valence-corrected chi connectivity index (χ0v) is 22.0. The highest BCUT2D eigenvalue weighted by Gasteiger charge is 2.29. The third-order valence-corrected chi connectivity index (χ3v) is 9.17. The number of imidazole rings is 1. The standard InChI is InChI=1S/C25H30F3N3O3S2/c1-3-34-13-5-12-31-22-10-8-19(36(32,33)30-11-4-6-17(2)15-30)14-21(22)29-25(31)35-16-18-7-9-20(26)24(28)23(18)27/h7-10,14,17H,3-6,11-13,15-16H2,1-2H3. The molecule has 1 atom stereocenters. The van der Waals surface area contributed by atoms with E-state index < -0.39 is 27.5 Å². The van der Waals surface area contributed by atoms with Gasteiger partial charge in [-0.15, -0.1) is 0 Å². The van der Waals surface area contributed by atoms with Crippen LogP contribution in [0.4, 0.5) is 13.2 Å². The summed E-state index contributed by atoms with van der Waals surface area (Å²) >= 11 is 1.18. The Morgan fingerprint density at radius 1 is 1.17 bits per heavy atom. The van der Waals surface area contributed by atoms with Crippen LogP contribution in [0, 0.1) is 23.4 Å². The second kappa shape index (κ2) is 11.5. The number of nitrogens with zero attached hydrogens (tertiary/aromatic N) is 3. The van der Waals surface area contributed by atoms with Gasteiger partial charge in [-0.05, 0) is 56.4 Å². The number of ether oxygens (including phenoxy) is 1. The fourth-order valence-corrected chi connectivity index (χ4v) is 7.01. The number of benzene rings is 2. The molecule has 0 amide bonds. The predicted molar refractivity (Wildman–Crippen MR) is 134 cm³/mol. The van der Waals surface area contributed by atoms with E-state index in [9.17, 15) is 21.6 Å². The van der Waals surface area contributed by atoms with Crippen molar-refractivity contribution < 1.29 is 26.3 Å². The molecule has 0 N–H and O–H groups in total. The van der Waals surface area contributed by atoms with Gasteiger partial charge < -0.3 is 9.30 Å². The number of sulfonamides is 1. The molecule has 1 fully saturated rings. The van der Waals surface area contributed by atoms with Crippen LogP contribution in [0.25, 0.3) is 11.0 Å². The molecule has 1 aliphatic heterocycles. The third-order valence-electron chi connectivity index (χ3n) is 6.29. The minimum Gasteiger partial charge on any atom is -0.382 e. The van der Waals surface area contributed by atoms with Crippen molar-refractivity contribution in [2.24, 2.45) is 5.92 Å². The van der Waals surface area contributed by atoms with Gasteiger partial charge in [0, 0.05) is 44.2 Å². The fraction of sp³-hybridized carbons (Fsp3) is 0.480. The summed E-state index contributed by atoms with van der Waals surface area (Å²) in [6.07, 6.45) is 2.53. The Morgan fingerprint density at radius 2 is 1.97 bits per heavy atom. The van der Waals surface area contributed by atoms with Crippen LogP contribution in [-0.2, 0) is 27.1 Å². The largest absolute Gasteiger partial charge is 0.382 e. The summed E-state index contributed by atoms with van der Waals surface area (Å²) in [6, 6.07) is 7.03. The summed E-state index contributed by atoms with van der Waals surface area (Å²) in [6.45, 7) is 6.64. The number of fused-ring (bicyclic) bond motifs is 1. The number of aryl methyl sites for hydroxylation is 1. The lowest BCUT2D eigenvalue weighted by Gasteiger charge is -2.30. The molecule has 3 aromatic rings. The molecule has 0 saturated carbocycles. The quantitative estimate of drug-likeness (QED) is 0.190. The average molecular weight is 542 g/mol. The van der Waals surface area contributed by atoms with Crippen molar-refractivity contribution in [2.75, 3.05) is 26.3 Å². The molecular weight excluding hydrogens is 511 g/mol. The molecular formula is C25H30F3N3O3S2. The Labute approximate surface area is 213 Å². The van der Waals surface area contributed by atoms with Gasteiger partial charge in [-0.25, -0.2) is 26.6 Å². The minimum atomic E-state index is -3.65. The van der Waals surface area contributed by atoms with Crippen LogP contribution in [0.3, 0.4) is 0 Å². The molecule has 36 heavy (non-hydrogen) atoms. The number of hydrogen-bond acceptors (Lipinski definition) is 5. The van der Waals surface area contributed by atoms with E-state index in [4.69, 9.17) is 4.74 Å². The van der Waals surface area contributed by atoms with Crippen LogP contribution in [0.2, 0.25) is 0 Å². The number of piperidine rings is 1. The Hall–Kier alpha value is -2.08. The van der Waals surface area contributed by atoms with E-state index in [1.807, 2.05) is 18.4 Å². The molecule has 6 nitrogen and oxygen atoms in total. The summed E-state index contributed by atoms with van der Waals surface area (Å²) in [7, 11) is -3.65. The zero-order chi connectivity index (χ0) is 25.9. The van der Waals surface area contributed by atoms with Gasteiger partial charge in [0.05, 0.1) is 15.9 Å². The summed E-state index contributed by atoms with van der Waals surface area (Å²) < 4.78 is 76.7. The second-order valence-electron chi connectivity index (χ2n) is 8.98. The van der Waals surface area contributed by atoms with Crippen molar-refractivity contribution in [1.82, 2.24) is 13.9 Å². The molecule has 0 radical (unpaired) electrons. The topological polar surface area (TPSA) is 64.4 Å². The summed E-state index contributed by atoms with van der Waals surface area (Å²) in [5.41, 5.74) is 1.27. The predicted octanol–water partition coefficient (Wildman–Crippen LogP) is 5.59. The molecule has 2 aromatic carbocycles. The van der Waals surface area contributed by atoms with Gasteiger partial charge in [-0.2, -0.15) is 4.31 Å². The van der Waals surface area contributed by atoms with Gasteiger partial charge >= 0.3 is 0 Å². The van der Waals surface area contributed by atoms with Crippen molar-refractivity contribution in [1.29, 1.82) is 0 Å². The van der Waals surface area contributed by atoms with Gasteiger partial charge in [0.2, 0.25) is 10.0 Å². The van der Waals surface area contributed by atoms with Crippen molar-refractivity contribution in [2.45, 2.75) is 55.5 Å². The van der Waals surface area contributed by atoms with E-state index in [-0.39, 0.29) is 16.2 Å². The molecule has 1 aliphatic rings. The van der Waals surface area contributed by atoms with E-state index in [0.29, 0.717) is 55.9 Å². The highest BCUT2D eigenvalue weighted by molar-refractivity contribution is 7.98. The van der Waals surface area contributed by atoms with Crippen molar-refractivity contribution >= 4 is 32.8 Å². The maximum atomic E-state index is 14.2. The summed E-state index contributed by atoms with van der Waals surface area (Å²) in [4.78, 5) is 4.83. The summed E-state index contributed by atoms with van der Waals surface area (Å²) in [5, 5.41) is 0.534. The van der Waals surface area contributed by atoms with Gasteiger partial charge in [0.25, 0.3) is 0 Å². The van der Waals surface area contributed by atoms with E-state index in [1.165, 1.54) is 22.1 Å². The Kier molecular flexibility index (Phi) is 8.64. The average Bonchev–Trinajstić information content (AvgIpc) is 3.21. The van der Waals surface area contributed by atoms with E-state index >= 15 is 0 Å². The minimum absolute atomic E-state index is 0.0225. The van der Waals surface area contributed by atoms with Crippen LogP contribution < -0.4 is 0 Å². The SMILES string of the molecule is CCOCCCn1c(SCc2ccc(F)c(F)c2F)nc2cc(S(=O)(=O)N3CCCC(C)C3)ccc21. The lowest BCUT2D eigenvalue weighted by Crippen LogP contribution is -2.39. The van der Waals surface area contributed by atoms with Crippen LogP contribution in [-0.4, -0.2) is 48.6 Å². The highest BCUT2D eigenvalue weighted by Crippen LogP contribution is 2.31. The molecule has 0 aliphatic carbocycles. The van der Waals surface area contributed by atoms with Gasteiger partial charge in [0.15, 0.2) is 22.6 Å². The first kappa shape index (κ1) is 27.0. The van der Waals surface area contributed by atoms with Gasteiger partial charge in [0.1, 0.15) is 0 Å². The number of halogens is 3. The van der Waals surface area contributed by atoms with E-state index in [2.05, 4.69) is 4.98 Å². The maximum Gasteiger partial charge on any atom is 0.243 e. The highest BCUT2D eigenvalue weighted by atomic mass is 32.2. The molecule has 2 heterocycles. The number of rotatable bonds is 10. The monoisotopic (exact) mass is 541 g/mol. The smallest absolute Gasteiger partial charge is 0.243 e. The maximum absolute atomic E-state index is 14.2. The number of hydrogen-bond donors (Lipinski definition) is 0. The first-order valence-electron chi connectivity index (χ1n) is 12.1. The molecule has 1 saturated heterocycles. The van der Waals surface area contributed by atoms with Crippen LogP contribution in [0.5, 0.6) is 0 Å². The molecule has 11 heteroatoms. The Balaban J connectivity index is 1.65. The number of thioether (sulfide) groups is 1. The first-order valence-corrected chi connectivity index (χ1v) is 14.5. The van der Waals surface area contributed by atoms with E-state index in [0.717, 1.165) is 24.4 Å². The van der Waals surface area contributed by atoms with Crippen molar-refractivity contribution in [3.05, 3.63) is 53.3 Å². The molecule has 196 valence electrons. The molecule has 1 aromatic heterocycles. The third kappa shape index (κ3) is 5.74. The van der Waals surface area contributed by atoms with Crippen LogP contribution in [0.15, 0.2) is 40.4 Å². The number of aromatic nitrogens is 2. The van der Waals surface area contributed by atoms with Crippen LogP contribution >= 0.6 is 11.8 Å². The van der Waals surface area contributed by atoms with Crippen molar-refractivity contribution in [3.63, 3.8) is 0 Å². The zero-order valence-electron chi connectivity index (χ0n) is 20.3. The first-order chi connectivity index (χ1) is 17.2. The van der Waals surface area contributed by atoms with Crippen LogP contribution in [0.1, 0.15) is 38.7 Å². The molecule has 4 rings (SSSR count). The fourth-order valence-electron chi connectivity index (χ4n) is 4.38. The lowest BCUT2D eigenvalue weighted by molar-refractivity contribution is 0.141.